The molecule has 0 aromatic heterocycles. The van der Waals surface area contributed by atoms with Gasteiger partial charge < -0.3 is 25.2 Å². The zero-order valence-corrected chi connectivity index (χ0v) is 39.5. The predicted molar refractivity (Wildman–Crippen MR) is 234 cm³/mol. The second kappa shape index (κ2) is 15.8. The first kappa shape index (κ1) is 45.8. The van der Waals surface area contributed by atoms with Crippen molar-refractivity contribution in [3.63, 3.8) is 0 Å². The summed E-state index contributed by atoms with van der Waals surface area (Å²) in [7, 11) is -3.07. The van der Waals surface area contributed by atoms with Gasteiger partial charge >= 0.3 is 18.0 Å². The van der Waals surface area contributed by atoms with E-state index in [1.807, 2.05) is 20.8 Å². The lowest BCUT2D eigenvalue weighted by Gasteiger charge is -2.73. The lowest BCUT2D eigenvalue weighted by Crippen LogP contribution is -2.69. The van der Waals surface area contributed by atoms with E-state index in [4.69, 9.17) is 9.47 Å². The number of esters is 1. The number of nitrogens with zero attached hydrogens (tertiary/aromatic N) is 1. The number of carboxylic acid groups (broad SMARTS) is 1. The SMILES string of the molecule is C=C(C)[C@@H]1CC[C@]2(NCC(C(C)NC(=O)OCC)N3CCS(=O)(=O)CC3)CC[C@]3(C)[C@H](CC[C@@H]4[C@@]5(C)CC[C@H](OC(=O)[C@H]6C[C@@H](C(=O)O)C6(C)C)C(C)(C)[C@@H]5CC[C@]43C)[C@@H]12. The molecule has 1 saturated heterocycles. The van der Waals surface area contributed by atoms with Crippen LogP contribution in [0.3, 0.4) is 0 Å². The number of carbonyl (C=O) groups is 3. The van der Waals surface area contributed by atoms with Crippen LogP contribution in [-0.4, -0.2) is 97.9 Å². The van der Waals surface area contributed by atoms with Gasteiger partial charge in [-0.1, -0.05) is 60.6 Å². The fourth-order valence-electron chi connectivity index (χ4n) is 16.0. The molecule has 60 heavy (non-hydrogen) atoms. The number of hydrogen-bond acceptors (Lipinski definition) is 9. The van der Waals surface area contributed by atoms with Gasteiger partial charge in [-0.3, -0.25) is 14.5 Å². The topological polar surface area (TPSA) is 151 Å². The highest BCUT2D eigenvalue weighted by molar-refractivity contribution is 7.91. The predicted octanol–water partition coefficient (Wildman–Crippen LogP) is 7.88. The van der Waals surface area contributed by atoms with Gasteiger partial charge in [-0.2, -0.15) is 0 Å². The molecule has 0 radical (unpaired) electrons. The first-order valence-electron chi connectivity index (χ1n) is 23.6. The molecule has 12 heteroatoms. The molecule has 0 aromatic carbocycles. The van der Waals surface area contributed by atoms with Crippen molar-refractivity contribution >= 4 is 27.9 Å². The summed E-state index contributed by atoms with van der Waals surface area (Å²) in [6.45, 7) is 28.9. The molecule has 3 N–H and O–H groups in total. The minimum Gasteiger partial charge on any atom is -0.481 e. The molecule has 7 fully saturated rings. The van der Waals surface area contributed by atoms with Crippen molar-refractivity contribution in [2.75, 3.05) is 37.7 Å². The van der Waals surface area contributed by atoms with E-state index >= 15 is 0 Å². The van der Waals surface area contributed by atoms with Crippen molar-refractivity contribution in [3.8, 4) is 0 Å². The van der Waals surface area contributed by atoms with Crippen LogP contribution in [0.5, 0.6) is 0 Å². The third kappa shape index (κ3) is 7.28. The van der Waals surface area contributed by atoms with Crippen LogP contribution in [0.2, 0.25) is 0 Å². The van der Waals surface area contributed by atoms with E-state index < -0.39 is 33.2 Å². The molecule has 0 aromatic rings. The lowest BCUT2D eigenvalue weighted by atomic mass is 9.32. The Bertz CT molecular complexity index is 1800. The summed E-state index contributed by atoms with van der Waals surface area (Å²) in [6.07, 6.45) is 10.7. The van der Waals surface area contributed by atoms with Gasteiger partial charge in [-0.25, -0.2) is 13.2 Å². The summed E-state index contributed by atoms with van der Waals surface area (Å²) in [5.74, 6) is 0.725. The Hall–Kier alpha value is -2.18. The number of allylic oxidation sites excluding steroid dienone is 1. The van der Waals surface area contributed by atoms with Gasteiger partial charge in [0.2, 0.25) is 0 Å². The number of aliphatic carboxylic acids is 1. The molecule has 1 amide bonds. The quantitative estimate of drug-likeness (QED) is 0.138. The number of carbonyl (C=O) groups excluding carboxylic acids is 2. The number of ether oxygens (including phenoxy) is 2. The van der Waals surface area contributed by atoms with E-state index in [0.29, 0.717) is 62.3 Å². The molecule has 7 rings (SSSR count). The molecule has 0 spiro atoms. The largest absolute Gasteiger partial charge is 0.481 e. The Kier molecular flexibility index (Phi) is 12.1. The molecule has 7 aliphatic rings. The molecule has 6 saturated carbocycles. The van der Waals surface area contributed by atoms with Crippen molar-refractivity contribution in [1.82, 2.24) is 15.5 Å². The Morgan fingerprint density at radius 1 is 0.850 bits per heavy atom. The highest BCUT2D eigenvalue weighted by atomic mass is 32.2. The van der Waals surface area contributed by atoms with Crippen LogP contribution in [0, 0.1) is 68.5 Å². The van der Waals surface area contributed by atoms with Crippen LogP contribution in [-0.2, 0) is 28.9 Å². The van der Waals surface area contributed by atoms with Gasteiger partial charge in [-0.05, 0) is 143 Å². The number of nitrogens with one attached hydrogen (secondary N) is 2. The van der Waals surface area contributed by atoms with Crippen molar-refractivity contribution in [2.24, 2.45) is 68.5 Å². The molecule has 1 heterocycles. The number of carboxylic acids is 1. The Morgan fingerprint density at radius 2 is 1.53 bits per heavy atom. The molecule has 2 unspecified atom stereocenters. The summed E-state index contributed by atoms with van der Waals surface area (Å²) in [6, 6.07) is -0.317. The Morgan fingerprint density at radius 3 is 2.15 bits per heavy atom. The molecule has 1 aliphatic heterocycles. The first-order valence-corrected chi connectivity index (χ1v) is 25.4. The fraction of sp³-hybridized carbons (Fsp3) is 0.896. The van der Waals surface area contributed by atoms with Gasteiger partial charge in [0.05, 0.1) is 29.9 Å². The summed E-state index contributed by atoms with van der Waals surface area (Å²) >= 11 is 0. The van der Waals surface area contributed by atoms with Crippen molar-refractivity contribution < 1.29 is 37.4 Å². The standard InChI is InChI=1S/C48H79N3O8S/c1-12-58-42(55)50-30(4)35(51-23-25-60(56,57)26-24-51)28-49-48-20-15-31(29(2)3)39(48)32-13-14-37-45(9)18-17-38(59-41(54)34-27-33(40(52)53)43(34,5)6)44(7,8)36(45)16-19-47(37,11)46(32,10)21-22-48/h30-39,49H,2,12-28H2,1,3-11H3,(H,50,55)(H,52,53)/t30?,31-,32+,33-,34+,35?,36-,37+,38-,39+,45-,46+,47+,48-/m0/s1. The smallest absolute Gasteiger partial charge is 0.407 e. The third-order valence-corrected chi connectivity index (χ3v) is 21.4. The minimum absolute atomic E-state index is 0.0642. The molecule has 0 bridgehead atoms. The molecule has 6 aliphatic carbocycles. The summed E-state index contributed by atoms with van der Waals surface area (Å²) in [5, 5.41) is 17.0. The third-order valence-electron chi connectivity index (χ3n) is 19.8. The van der Waals surface area contributed by atoms with Crippen LogP contribution >= 0.6 is 0 Å². The van der Waals surface area contributed by atoms with Gasteiger partial charge in [0.1, 0.15) is 6.10 Å². The number of alkyl carbamates (subject to hydrolysis) is 1. The number of fused-ring (bicyclic) bond motifs is 7. The maximum Gasteiger partial charge on any atom is 0.407 e. The zero-order valence-electron chi connectivity index (χ0n) is 38.7. The van der Waals surface area contributed by atoms with Gasteiger partial charge in [0.25, 0.3) is 0 Å². The highest BCUT2D eigenvalue weighted by Gasteiger charge is 2.71. The number of rotatable bonds is 11. The number of amides is 1. The van der Waals surface area contributed by atoms with Crippen LogP contribution in [0.25, 0.3) is 0 Å². The van der Waals surface area contributed by atoms with Gasteiger partial charge in [-0.15, -0.1) is 0 Å². The first-order chi connectivity index (χ1) is 27.9. The summed E-state index contributed by atoms with van der Waals surface area (Å²) in [5.41, 5.74) is 0.823. The average molecular weight is 858 g/mol. The van der Waals surface area contributed by atoms with Crippen molar-refractivity contribution in [2.45, 2.75) is 164 Å². The van der Waals surface area contributed by atoms with Crippen LogP contribution in [0.15, 0.2) is 12.2 Å². The molecule has 340 valence electrons. The van der Waals surface area contributed by atoms with Crippen LogP contribution in [0.1, 0.15) is 140 Å². The maximum atomic E-state index is 13.7. The molecule has 11 nitrogen and oxygen atoms in total. The Labute approximate surface area is 361 Å². The second-order valence-corrected chi connectivity index (χ2v) is 25.2. The normalized spacial score (nSPS) is 43.6. The van der Waals surface area contributed by atoms with Gasteiger partial charge in [0.15, 0.2) is 9.84 Å². The number of sulfone groups is 1. The summed E-state index contributed by atoms with van der Waals surface area (Å²) in [4.78, 5) is 40.4. The maximum absolute atomic E-state index is 13.7. The molecular formula is C48H79N3O8S. The van der Waals surface area contributed by atoms with Crippen molar-refractivity contribution in [3.05, 3.63) is 12.2 Å². The average Bonchev–Trinajstić information content (AvgIpc) is 3.53. The number of hydrogen-bond donors (Lipinski definition) is 3. The van der Waals surface area contributed by atoms with E-state index in [2.05, 4.69) is 63.7 Å². The summed E-state index contributed by atoms with van der Waals surface area (Å²) < 4.78 is 36.7. The Balaban J connectivity index is 1.11. The second-order valence-electron chi connectivity index (χ2n) is 22.9. The fourth-order valence-corrected chi connectivity index (χ4v) is 17.3. The van der Waals surface area contributed by atoms with Crippen LogP contribution in [0.4, 0.5) is 4.79 Å². The zero-order chi connectivity index (χ0) is 44.0. The lowest BCUT2D eigenvalue weighted by molar-refractivity contribution is -0.248. The van der Waals surface area contributed by atoms with E-state index in [9.17, 15) is 27.9 Å². The van der Waals surface area contributed by atoms with Crippen LogP contribution < -0.4 is 10.6 Å². The van der Waals surface area contributed by atoms with E-state index in [-0.39, 0.29) is 68.8 Å². The van der Waals surface area contributed by atoms with E-state index in [0.717, 1.165) is 51.4 Å². The van der Waals surface area contributed by atoms with E-state index in [1.165, 1.54) is 18.4 Å². The van der Waals surface area contributed by atoms with Gasteiger partial charge in [0, 0.05) is 42.7 Å². The molecular weight excluding hydrogens is 779 g/mol. The minimum atomic E-state index is -3.07. The molecule has 14 atom stereocenters. The van der Waals surface area contributed by atoms with E-state index in [1.54, 1.807) is 6.92 Å². The van der Waals surface area contributed by atoms with Crippen molar-refractivity contribution in [1.29, 1.82) is 0 Å². The monoisotopic (exact) mass is 858 g/mol. The highest BCUT2D eigenvalue weighted by Crippen LogP contribution is 2.76.